The molecule has 1 heterocycles. The van der Waals surface area contributed by atoms with Gasteiger partial charge in [0.2, 0.25) is 0 Å². The Morgan fingerprint density at radius 1 is 1.58 bits per heavy atom. The minimum Gasteiger partial charge on any atom is -0.389 e. The number of aliphatic hydroxyl groups is 1. The van der Waals surface area contributed by atoms with E-state index >= 15 is 0 Å². The second-order valence-corrected chi connectivity index (χ2v) is 4.13. The maximum Gasteiger partial charge on any atom is 0.0766 e. The summed E-state index contributed by atoms with van der Waals surface area (Å²) in [5, 5.41) is 13.1. The highest BCUT2D eigenvalue weighted by atomic mass is 16.5. The van der Waals surface area contributed by atoms with Gasteiger partial charge in [-0.25, -0.2) is 0 Å². The minimum absolute atomic E-state index is 0.283. The van der Waals surface area contributed by atoms with Crippen LogP contribution in [0.15, 0.2) is 0 Å². The van der Waals surface area contributed by atoms with Gasteiger partial charge in [-0.2, -0.15) is 0 Å². The zero-order valence-corrected chi connectivity index (χ0v) is 8.13. The lowest BCUT2D eigenvalue weighted by Crippen LogP contribution is -2.52. The van der Waals surface area contributed by atoms with Gasteiger partial charge in [0.1, 0.15) is 0 Å². The number of rotatable bonds is 4. The molecule has 12 heavy (non-hydrogen) atoms. The number of ether oxygens (including phenoxy) is 1. The second-order valence-electron chi connectivity index (χ2n) is 4.13. The van der Waals surface area contributed by atoms with Crippen LogP contribution >= 0.6 is 0 Å². The van der Waals surface area contributed by atoms with Gasteiger partial charge in [0.15, 0.2) is 0 Å². The monoisotopic (exact) mass is 173 g/mol. The van der Waals surface area contributed by atoms with E-state index in [-0.39, 0.29) is 5.92 Å². The first-order valence-corrected chi connectivity index (χ1v) is 4.56. The molecule has 1 fully saturated rings. The largest absolute Gasteiger partial charge is 0.389 e. The van der Waals surface area contributed by atoms with E-state index in [0.29, 0.717) is 12.6 Å². The molecule has 0 amide bonds. The Balaban J connectivity index is 2.19. The summed E-state index contributed by atoms with van der Waals surface area (Å²) in [4.78, 5) is 0. The highest BCUT2D eigenvalue weighted by molar-refractivity contribution is 4.83. The molecule has 0 aromatic carbocycles. The van der Waals surface area contributed by atoms with Crippen LogP contribution < -0.4 is 5.32 Å². The average Bonchev–Trinajstić information content (AvgIpc) is 1.83. The van der Waals surface area contributed by atoms with E-state index in [1.165, 1.54) is 0 Å². The molecule has 1 aliphatic rings. The fraction of sp³-hybridized carbons (Fsp3) is 1.00. The molecule has 1 unspecified atom stereocenters. The summed E-state index contributed by atoms with van der Waals surface area (Å²) in [5.41, 5.74) is -0.602. The van der Waals surface area contributed by atoms with E-state index in [0.717, 1.165) is 13.2 Å². The molecule has 2 N–H and O–H groups in total. The molecular weight excluding hydrogens is 154 g/mol. The Hall–Kier alpha value is -0.120. The molecule has 1 saturated heterocycles. The number of hydrogen-bond donors (Lipinski definition) is 2. The van der Waals surface area contributed by atoms with Gasteiger partial charge in [-0.15, -0.1) is 0 Å². The first-order chi connectivity index (χ1) is 5.52. The summed E-state index contributed by atoms with van der Waals surface area (Å²) < 4.78 is 5.02. The smallest absolute Gasteiger partial charge is 0.0766 e. The van der Waals surface area contributed by atoms with Crippen LogP contribution in [-0.4, -0.2) is 36.5 Å². The van der Waals surface area contributed by atoms with Crippen molar-refractivity contribution in [2.24, 2.45) is 5.92 Å². The molecule has 1 rings (SSSR count). The van der Waals surface area contributed by atoms with Crippen molar-refractivity contribution in [2.45, 2.75) is 32.4 Å². The standard InChI is InChI=1S/C9H19NO2/c1-7(2)9(3,11)6-10-8-4-12-5-8/h7-8,10-11H,4-6H2,1-3H3. The molecule has 3 heteroatoms. The molecule has 0 bridgehead atoms. The van der Waals surface area contributed by atoms with Crippen LogP contribution in [0.25, 0.3) is 0 Å². The van der Waals surface area contributed by atoms with E-state index < -0.39 is 5.60 Å². The maximum atomic E-state index is 9.86. The van der Waals surface area contributed by atoms with Gasteiger partial charge in [0, 0.05) is 6.54 Å². The van der Waals surface area contributed by atoms with Crippen LogP contribution in [-0.2, 0) is 4.74 Å². The Morgan fingerprint density at radius 3 is 2.50 bits per heavy atom. The SMILES string of the molecule is CC(C)C(C)(O)CNC1COC1. The molecule has 1 atom stereocenters. The number of nitrogens with one attached hydrogen (secondary N) is 1. The Morgan fingerprint density at radius 2 is 2.17 bits per heavy atom. The summed E-state index contributed by atoms with van der Waals surface area (Å²) in [6.45, 7) is 8.14. The van der Waals surface area contributed by atoms with Gasteiger partial charge < -0.3 is 15.2 Å². The molecule has 3 nitrogen and oxygen atoms in total. The summed E-state index contributed by atoms with van der Waals surface area (Å²) in [7, 11) is 0. The quantitative estimate of drug-likeness (QED) is 0.646. The maximum absolute atomic E-state index is 9.86. The third kappa shape index (κ3) is 2.44. The molecule has 72 valence electrons. The lowest BCUT2D eigenvalue weighted by atomic mass is 9.92. The van der Waals surface area contributed by atoms with Gasteiger partial charge in [0.25, 0.3) is 0 Å². The van der Waals surface area contributed by atoms with Gasteiger partial charge in [-0.1, -0.05) is 13.8 Å². The third-order valence-corrected chi connectivity index (χ3v) is 2.63. The van der Waals surface area contributed by atoms with Crippen LogP contribution in [0.5, 0.6) is 0 Å². The summed E-state index contributed by atoms with van der Waals surface area (Å²) in [5.74, 6) is 0.283. The first-order valence-electron chi connectivity index (χ1n) is 4.56. The van der Waals surface area contributed by atoms with Crippen molar-refractivity contribution in [3.63, 3.8) is 0 Å². The average molecular weight is 173 g/mol. The van der Waals surface area contributed by atoms with E-state index in [1.807, 2.05) is 20.8 Å². The first kappa shape index (κ1) is 9.96. The van der Waals surface area contributed by atoms with Crippen molar-refractivity contribution in [1.29, 1.82) is 0 Å². The van der Waals surface area contributed by atoms with Gasteiger partial charge in [-0.05, 0) is 12.8 Å². The van der Waals surface area contributed by atoms with E-state index in [2.05, 4.69) is 5.32 Å². The Kier molecular flexibility index (Phi) is 3.09. The van der Waals surface area contributed by atoms with Crippen molar-refractivity contribution in [1.82, 2.24) is 5.32 Å². The zero-order valence-electron chi connectivity index (χ0n) is 8.13. The van der Waals surface area contributed by atoms with Crippen LogP contribution in [0, 0.1) is 5.92 Å². The van der Waals surface area contributed by atoms with Crippen molar-refractivity contribution >= 4 is 0 Å². The fourth-order valence-electron chi connectivity index (χ4n) is 0.909. The summed E-state index contributed by atoms with van der Waals surface area (Å²) in [6.07, 6.45) is 0. The van der Waals surface area contributed by atoms with Crippen molar-refractivity contribution in [3.05, 3.63) is 0 Å². The van der Waals surface area contributed by atoms with Gasteiger partial charge >= 0.3 is 0 Å². The fourth-order valence-corrected chi connectivity index (χ4v) is 0.909. The second kappa shape index (κ2) is 3.73. The van der Waals surface area contributed by atoms with Gasteiger partial charge in [-0.3, -0.25) is 0 Å². The Bertz CT molecular complexity index is 141. The van der Waals surface area contributed by atoms with Crippen molar-refractivity contribution < 1.29 is 9.84 Å². The minimum atomic E-state index is -0.602. The summed E-state index contributed by atoms with van der Waals surface area (Å²) >= 11 is 0. The van der Waals surface area contributed by atoms with Crippen LogP contribution in [0.3, 0.4) is 0 Å². The van der Waals surface area contributed by atoms with Crippen LogP contribution in [0.1, 0.15) is 20.8 Å². The highest BCUT2D eigenvalue weighted by Gasteiger charge is 2.27. The van der Waals surface area contributed by atoms with Gasteiger partial charge in [0.05, 0.1) is 24.9 Å². The Labute approximate surface area is 74.1 Å². The zero-order chi connectivity index (χ0) is 9.19. The van der Waals surface area contributed by atoms with Crippen LogP contribution in [0.2, 0.25) is 0 Å². The molecule has 0 saturated carbocycles. The molecule has 0 radical (unpaired) electrons. The van der Waals surface area contributed by atoms with E-state index in [4.69, 9.17) is 4.74 Å². The van der Waals surface area contributed by atoms with E-state index in [1.54, 1.807) is 0 Å². The number of hydrogen-bond acceptors (Lipinski definition) is 3. The predicted molar refractivity (Wildman–Crippen MR) is 48.1 cm³/mol. The molecule has 0 aromatic heterocycles. The lowest BCUT2D eigenvalue weighted by Gasteiger charge is -2.33. The van der Waals surface area contributed by atoms with Crippen LogP contribution in [0.4, 0.5) is 0 Å². The lowest BCUT2D eigenvalue weighted by molar-refractivity contribution is -0.0315. The topological polar surface area (TPSA) is 41.5 Å². The molecule has 1 aliphatic heterocycles. The van der Waals surface area contributed by atoms with Crippen molar-refractivity contribution in [2.75, 3.05) is 19.8 Å². The normalized spacial score (nSPS) is 23.8. The van der Waals surface area contributed by atoms with Crippen molar-refractivity contribution in [3.8, 4) is 0 Å². The highest BCUT2D eigenvalue weighted by Crippen LogP contribution is 2.15. The third-order valence-electron chi connectivity index (χ3n) is 2.63. The molecule has 0 spiro atoms. The van der Waals surface area contributed by atoms with E-state index in [9.17, 15) is 5.11 Å². The summed E-state index contributed by atoms with van der Waals surface area (Å²) in [6, 6.07) is 0.454. The molecule has 0 aromatic rings. The predicted octanol–water partition coefficient (Wildman–Crippen LogP) is 0.382. The molecule has 0 aliphatic carbocycles. The molecular formula is C9H19NO2.